The van der Waals surface area contributed by atoms with E-state index >= 15 is 0 Å². The Bertz CT molecular complexity index is 768. The number of nitrogens with zero attached hydrogens (tertiary/aromatic N) is 1. The van der Waals surface area contributed by atoms with Crippen molar-refractivity contribution in [3.05, 3.63) is 76.1 Å². The van der Waals surface area contributed by atoms with E-state index in [1.165, 1.54) is 6.07 Å². The molecule has 2 aromatic carbocycles. The van der Waals surface area contributed by atoms with Gasteiger partial charge in [0.2, 0.25) is 0 Å². The van der Waals surface area contributed by atoms with Crippen molar-refractivity contribution in [1.29, 1.82) is 0 Å². The predicted molar refractivity (Wildman–Crippen MR) is 81.9 cm³/mol. The number of hydrogen-bond acceptors (Lipinski definition) is 2. The Kier molecular flexibility index (Phi) is 3.51. The largest absolute Gasteiger partial charge is 0.320 e. The van der Waals surface area contributed by atoms with E-state index in [1.54, 1.807) is 18.3 Å². The van der Waals surface area contributed by atoms with Crippen LogP contribution in [0.25, 0.3) is 10.9 Å². The quantitative estimate of drug-likeness (QED) is 0.765. The number of hydrogen-bond donors (Lipinski definition) is 1. The molecule has 20 heavy (non-hydrogen) atoms. The summed E-state index contributed by atoms with van der Waals surface area (Å²) >= 11 is 3.35. The van der Waals surface area contributed by atoms with E-state index in [4.69, 9.17) is 5.73 Å². The van der Waals surface area contributed by atoms with E-state index < -0.39 is 6.04 Å². The average Bonchev–Trinajstić information content (AvgIpc) is 2.48. The first-order valence-corrected chi connectivity index (χ1v) is 7.00. The Morgan fingerprint density at radius 2 is 1.85 bits per heavy atom. The highest BCUT2D eigenvalue weighted by molar-refractivity contribution is 9.10. The molecule has 1 atom stereocenters. The van der Waals surface area contributed by atoms with Gasteiger partial charge in [0.1, 0.15) is 5.82 Å². The molecule has 2 nitrogen and oxygen atoms in total. The van der Waals surface area contributed by atoms with E-state index in [0.29, 0.717) is 5.56 Å². The number of aromatic nitrogens is 1. The molecule has 0 fully saturated rings. The zero-order chi connectivity index (χ0) is 14.1. The van der Waals surface area contributed by atoms with Crippen LogP contribution < -0.4 is 5.73 Å². The molecule has 0 saturated carbocycles. The summed E-state index contributed by atoms with van der Waals surface area (Å²) in [7, 11) is 0. The number of nitrogens with two attached hydrogens (primary N) is 1. The molecule has 1 aromatic heterocycles. The van der Waals surface area contributed by atoms with Crippen LogP contribution >= 0.6 is 15.9 Å². The highest BCUT2D eigenvalue weighted by Crippen LogP contribution is 2.29. The van der Waals surface area contributed by atoms with Crippen molar-refractivity contribution in [2.24, 2.45) is 5.73 Å². The lowest BCUT2D eigenvalue weighted by Crippen LogP contribution is -2.14. The Morgan fingerprint density at radius 1 is 1.05 bits per heavy atom. The maximum absolute atomic E-state index is 14.0. The minimum absolute atomic E-state index is 0.311. The Hall–Kier alpha value is -1.78. The van der Waals surface area contributed by atoms with Gasteiger partial charge in [-0.1, -0.05) is 40.2 Å². The van der Waals surface area contributed by atoms with Crippen LogP contribution in [-0.2, 0) is 0 Å². The van der Waals surface area contributed by atoms with E-state index in [-0.39, 0.29) is 5.82 Å². The van der Waals surface area contributed by atoms with Crippen molar-refractivity contribution in [2.45, 2.75) is 6.04 Å². The standard InChI is InChI=1S/C16H12BrFN2/c17-11-6-7-14(18)13(9-11)15(19)12-5-1-3-10-4-2-8-20-16(10)12/h1-9,15H,19H2. The lowest BCUT2D eigenvalue weighted by atomic mass is 9.97. The van der Waals surface area contributed by atoms with Gasteiger partial charge in [-0.05, 0) is 29.8 Å². The summed E-state index contributed by atoms with van der Waals surface area (Å²) in [6, 6.07) is 13.8. The molecule has 0 aliphatic heterocycles. The molecular weight excluding hydrogens is 319 g/mol. The molecule has 3 rings (SSSR count). The average molecular weight is 331 g/mol. The first kappa shape index (κ1) is 13.2. The second kappa shape index (κ2) is 5.31. The maximum atomic E-state index is 14.0. The minimum Gasteiger partial charge on any atom is -0.320 e. The van der Waals surface area contributed by atoms with Crippen molar-refractivity contribution >= 4 is 26.8 Å². The molecule has 0 bridgehead atoms. The molecule has 0 saturated heterocycles. The van der Waals surface area contributed by atoms with Gasteiger partial charge in [-0.3, -0.25) is 4.98 Å². The second-order valence-electron chi connectivity index (χ2n) is 4.57. The molecular formula is C16H12BrFN2. The Balaban J connectivity index is 2.17. The first-order valence-electron chi connectivity index (χ1n) is 6.21. The molecule has 0 amide bonds. The number of benzene rings is 2. The summed E-state index contributed by atoms with van der Waals surface area (Å²) in [6.45, 7) is 0. The molecule has 1 unspecified atom stereocenters. The zero-order valence-corrected chi connectivity index (χ0v) is 12.1. The topological polar surface area (TPSA) is 38.9 Å². The molecule has 0 spiro atoms. The number of para-hydroxylation sites is 1. The van der Waals surface area contributed by atoms with Crippen LogP contribution in [-0.4, -0.2) is 4.98 Å². The zero-order valence-electron chi connectivity index (χ0n) is 10.6. The number of rotatable bonds is 2. The van der Waals surface area contributed by atoms with Crippen LogP contribution in [0.1, 0.15) is 17.2 Å². The van der Waals surface area contributed by atoms with E-state index in [0.717, 1.165) is 20.9 Å². The van der Waals surface area contributed by atoms with Crippen molar-refractivity contribution in [1.82, 2.24) is 4.98 Å². The summed E-state index contributed by atoms with van der Waals surface area (Å²) in [5.41, 5.74) is 8.33. The summed E-state index contributed by atoms with van der Waals surface area (Å²) in [4.78, 5) is 4.37. The van der Waals surface area contributed by atoms with Crippen molar-refractivity contribution in [3.63, 3.8) is 0 Å². The summed E-state index contributed by atoms with van der Waals surface area (Å²) in [5, 5.41) is 0.996. The minimum atomic E-state index is -0.550. The third kappa shape index (κ3) is 2.32. The van der Waals surface area contributed by atoms with Crippen molar-refractivity contribution < 1.29 is 4.39 Å². The second-order valence-corrected chi connectivity index (χ2v) is 5.48. The number of halogens is 2. The highest BCUT2D eigenvalue weighted by atomic mass is 79.9. The van der Waals surface area contributed by atoms with E-state index in [1.807, 2.05) is 30.3 Å². The van der Waals surface area contributed by atoms with Gasteiger partial charge in [-0.25, -0.2) is 4.39 Å². The van der Waals surface area contributed by atoms with Crippen LogP contribution in [0.15, 0.2) is 59.2 Å². The van der Waals surface area contributed by atoms with Crippen LogP contribution in [0, 0.1) is 5.82 Å². The molecule has 3 aromatic rings. The fourth-order valence-electron chi connectivity index (χ4n) is 2.30. The normalized spacial score (nSPS) is 12.6. The predicted octanol–water partition coefficient (Wildman–Crippen LogP) is 4.18. The van der Waals surface area contributed by atoms with E-state index in [2.05, 4.69) is 20.9 Å². The fraction of sp³-hybridized carbons (Fsp3) is 0.0625. The van der Waals surface area contributed by atoms with Gasteiger partial charge in [0.25, 0.3) is 0 Å². The maximum Gasteiger partial charge on any atom is 0.128 e. The van der Waals surface area contributed by atoms with Crippen molar-refractivity contribution in [2.75, 3.05) is 0 Å². The summed E-state index contributed by atoms with van der Waals surface area (Å²) in [6.07, 6.45) is 1.72. The monoisotopic (exact) mass is 330 g/mol. The summed E-state index contributed by atoms with van der Waals surface area (Å²) < 4.78 is 14.8. The third-order valence-corrected chi connectivity index (χ3v) is 3.79. The fourth-order valence-corrected chi connectivity index (χ4v) is 2.68. The number of pyridine rings is 1. The van der Waals surface area contributed by atoms with Gasteiger partial charge in [0, 0.05) is 21.6 Å². The lowest BCUT2D eigenvalue weighted by molar-refractivity contribution is 0.599. The molecule has 100 valence electrons. The van der Waals surface area contributed by atoms with Crippen LogP contribution in [0.5, 0.6) is 0 Å². The van der Waals surface area contributed by atoms with Gasteiger partial charge in [0.05, 0.1) is 11.6 Å². The van der Waals surface area contributed by atoms with E-state index in [9.17, 15) is 4.39 Å². The van der Waals surface area contributed by atoms with Gasteiger partial charge < -0.3 is 5.73 Å². The Labute approximate surface area is 124 Å². The van der Waals surface area contributed by atoms with Gasteiger partial charge in [0.15, 0.2) is 0 Å². The van der Waals surface area contributed by atoms with Crippen LogP contribution in [0.3, 0.4) is 0 Å². The Morgan fingerprint density at radius 3 is 2.70 bits per heavy atom. The highest BCUT2D eigenvalue weighted by Gasteiger charge is 2.16. The molecule has 4 heteroatoms. The molecule has 0 aliphatic carbocycles. The molecule has 2 N–H and O–H groups in total. The summed E-state index contributed by atoms with van der Waals surface area (Å²) in [5.74, 6) is -0.311. The van der Waals surface area contributed by atoms with Gasteiger partial charge >= 0.3 is 0 Å². The molecule has 0 aliphatic rings. The molecule has 1 heterocycles. The molecule has 0 radical (unpaired) electrons. The number of fused-ring (bicyclic) bond motifs is 1. The van der Waals surface area contributed by atoms with Crippen LogP contribution in [0.4, 0.5) is 4.39 Å². The first-order chi connectivity index (χ1) is 9.66. The van der Waals surface area contributed by atoms with Crippen molar-refractivity contribution in [3.8, 4) is 0 Å². The van der Waals surface area contributed by atoms with Gasteiger partial charge in [-0.2, -0.15) is 0 Å². The SMILES string of the molecule is NC(c1cc(Br)ccc1F)c1cccc2cccnc12. The van der Waals surface area contributed by atoms with Crippen LogP contribution in [0.2, 0.25) is 0 Å². The third-order valence-electron chi connectivity index (χ3n) is 3.29. The smallest absolute Gasteiger partial charge is 0.128 e. The lowest BCUT2D eigenvalue weighted by Gasteiger charge is -2.15. The van der Waals surface area contributed by atoms with Gasteiger partial charge in [-0.15, -0.1) is 0 Å².